The third-order valence-electron chi connectivity index (χ3n) is 13.3. The van der Waals surface area contributed by atoms with E-state index in [4.69, 9.17) is 14.2 Å². The lowest BCUT2D eigenvalue weighted by Crippen LogP contribution is -2.37. The molecule has 0 heterocycles. The molecule has 0 spiro atoms. The van der Waals surface area contributed by atoms with Crippen LogP contribution in [-0.2, 0) is 19.0 Å². The van der Waals surface area contributed by atoms with Gasteiger partial charge in [0.15, 0.2) is 0 Å². The minimum Gasteiger partial charge on any atom is -0.462 e. The Bertz CT molecular complexity index is 1290. The molecule has 0 aliphatic rings. The molecule has 0 aromatic heterocycles. The van der Waals surface area contributed by atoms with E-state index in [9.17, 15) is 19.2 Å². The molecule has 0 aliphatic heterocycles. The van der Waals surface area contributed by atoms with E-state index in [1.54, 1.807) is 7.05 Å². The van der Waals surface area contributed by atoms with E-state index in [1.807, 2.05) is 0 Å². The molecule has 0 aliphatic carbocycles. The van der Waals surface area contributed by atoms with Crippen molar-refractivity contribution in [3.63, 3.8) is 0 Å². The van der Waals surface area contributed by atoms with Gasteiger partial charge in [-0.3, -0.25) is 14.4 Å². The van der Waals surface area contributed by atoms with Gasteiger partial charge >= 0.3 is 12.1 Å². The first-order chi connectivity index (χ1) is 31.8. The number of unbranched alkanes of at least 4 members (excludes halogenated alkanes) is 23. The van der Waals surface area contributed by atoms with Crippen molar-refractivity contribution in [2.75, 3.05) is 57.1 Å². The Morgan fingerprint density at radius 2 is 0.908 bits per heavy atom. The highest BCUT2D eigenvalue weighted by Crippen LogP contribution is 2.23. The van der Waals surface area contributed by atoms with Crippen LogP contribution in [0.3, 0.4) is 0 Å². The quantitative estimate of drug-likeness (QED) is 0.0371. The number of anilines is 2. The fraction of sp³-hybridized carbons (Fsp3) is 0.891. The normalized spacial score (nSPS) is 11.6. The molecule has 1 aromatic carbocycles. The van der Waals surface area contributed by atoms with E-state index in [0.717, 1.165) is 116 Å². The Morgan fingerprint density at radius 3 is 1.46 bits per heavy atom. The maximum Gasteiger partial charge on any atom is 0.508 e. The van der Waals surface area contributed by atoms with Gasteiger partial charge in [0.2, 0.25) is 0 Å². The van der Waals surface area contributed by atoms with Crippen LogP contribution in [0.2, 0.25) is 0 Å². The molecule has 65 heavy (non-hydrogen) atoms. The van der Waals surface area contributed by atoms with Gasteiger partial charge in [-0.25, -0.2) is 4.79 Å². The van der Waals surface area contributed by atoms with Gasteiger partial charge in [-0.15, -0.1) is 0 Å². The molecule has 10 heteroatoms. The molecule has 0 atom stereocenters. The number of carbonyl (C=O) groups is 2. The van der Waals surface area contributed by atoms with Crippen LogP contribution in [0.25, 0.3) is 0 Å². The van der Waals surface area contributed by atoms with E-state index in [2.05, 4.69) is 43.2 Å². The zero-order valence-electron chi connectivity index (χ0n) is 43.2. The summed E-state index contributed by atoms with van der Waals surface area (Å²) in [4.78, 5) is 51.5. The number of hydrogen-bond acceptors (Lipinski definition) is 10. The SMILES string of the molecule is CCCCCCCCC(CCCCCCCC)OC(=O)CCCCCCCN(CCCCCCOC(=O)OCCC(CCCCCC)CCCCCC)CCCNc1c(NC)c(=O)c1=O. The number of nitrogens with one attached hydrogen (secondary N) is 2. The van der Waals surface area contributed by atoms with Gasteiger partial charge in [-0.05, 0) is 89.8 Å². The highest BCUT2D eigenvalue weighted by atomic mass is 16.7. The van der Waals surface area contributed by atoms with Gasteiger partial charge in [-0.1, -0.05) is 188 Å². The summed E-state index contributed by atoms with van der Waals surface area (Å²) in [6.45, 7) is 13.4. The Balaban J connectivity index is 2.42. The molecule has 10 nitrogen and oxygen atoms in total. The molecule has 1 aromatic rings. The van der Waals surface area contributed by atoms with Gasteiger partial charge in [0.05, 0.1) is 13.2 Å². The van der Waals surface area contributed by atoms with Crippen LogP contribution in [0.1, 0.15) is 259 Å². The maximum atomic E-state index is 12.9. The number of hydrogen-bond donors (Lipinski definition) is 2. The molecule has 0 bridgehead atoms. The standard InChI is InChI=1S/C55H103N3O7/c1-6-10-14-18-21-29-38-49(39-30-22-19-15-11-7-2)65-50(59)40-31-23-20-24-32-43-58(45-35-42-57-52-51(56-5)53(60)54(52)61)44-33-25-26-34-46-63-55(62)64-47-41-48(36-27-16-12-8-3)37-28-17-13-9-4/h48-49,56-57H,6-47H2,1-5H3. The van der Waals surface area contributed by atoms with Gasteiger partial charge in [-0.2, -0.15) is 0 Å². The van der Waals surface area contributed by atoms with E-state index in [1.165, 1.54) is 128 Å². The molecule has 0 radical (unpaired) electrons. The lowest BCUT2D eigenvalue weighted by Gasteiger charge is -2.23. The summed E-state index contributed by atoms with van der Waals surface area (Å²) in [5.41, 5.74) is -0.0941. The predicted molar refractivity (Wildman–Crippen MR) is 275 cm³/mol. The van der Waals surface area contributed by atoms with E-state index < -0.39 is 17.0 Å². The smallest absolute Gasteiger partial charge is 0.462 e. The maximum absolute atomic E-state index is 12.9. The lowest BCUT2D eigenvalue weighted by molar-refractivity contribution is -0.150. The lowest BCUT2D eigenvalue weighted by atomic mass is 9.92. The largest absolute Gasteiger partial charge is 0.508 e. The Morgan fingerprint density at radius 1 is 0.477 bits per heavy atom. The van der Waals surface area contributed by atoms with E-state index in [-0.39, 0.29) is 12.1 Å². The first kappa shape index (κ1) is 60.4. The molecule has 380 valence electrons. The van der Waals surface area contributed by atoms with Crippen molar-refractivity contribution in [2.24, 2.45) is 5.92 Å². The number of ether oxygens (including phenoxy) is 3. The molecule has 2 N–H and O–H groups in total. The van der Waals surface area contributed by atoms with E-state index >= 15 is 0 Å². The topological polar surface area (TPSA) is 123 Å². The van der Waals surface area contributed by atoms with Gasteiger partial charge in [0, 0.05) is 20.0 Å². The molecule has 1 rings (SSSR count). The third kappa shape index (κ3) is 33.5. The second kappa shape index (κ2) is 43.9. The zero-order valence-corrected chi connectivity index (χ0v) is 43.2. The second-order valence-corrected chi connectivity index (χ2v) is 19.2. The van der Waals surface area contributed by atoms with Crippen molar-refractivity contribution in [1.82, 2.24) is 4.90 Å². The summed E-state index contributed by atoms with van der Waals surface area (Å²) in [5.74, 6) is 0.622. The van der Waals surface area contributed by atoms with Gasteiger partial charge in [0.25, 0.3) is 10.9 Å². The summed E-state index contributed by atoms with van der Waals surface area (Å²) in [7, 11) is 1.67. The number of esters is 1. The van der Waals surface area contributed by atoms with Crippen LogP contribution in [0, 0.1) is 5.92 Å². The van der Waals surface area contributed by atoms with Crippen molar-refractivity contribution in [3.05, 3.63) is 20.4 Å². The van der Waals surface area contributed by atoms with Crippen molar-refractivity contribution < 1.29 is 23.8 Å². The summed E-state index contributed by atoms with van der Waals surface area (Å²) in [5, 5.41) is 6.01. The molecule has 0 unspecified atom stereocenters. The minimum absolute atomic E-state index is 0.0101. The van der Waals surface area contributed by atoms with Gasteiger partial charge < -0.3 is 29.7 Å². The second-order valence-electron chi connectivity index (χ2n) is 19.2. The highest BCUT2D eigenvalue weighted by molar-refractivity contribution is 5.73. The number of nitrogens with zero attached hydrogens (tertiary/aromatic N) is 1. The van der Waals surface area contributed by atoms with Gasteiger partial charge in [0.1, 0.15) is 17.5 Å². The summed E-state index contributed by atoms with van der Waals surface area (Å²) in [6, 6.07) is 0. The first-order valence-corrected chi connectivity index (χ1v) is 27.8. The number of carbonyl (C=O) groups excluding carboxylic acids is 2. The summed E-state index contributed by atoms with van der Waals surface area (Å²) < 4.78 is 17.0. The number of rotatable bonds is 49. The van der Waals surface area contributed by atoms with Crippen LogP contribution in [-0.4, -0.2) is 69.6 Å². The van der Waals surface area contributed by atoms with Crippen molar-refractivity contribution in [2.45, 2.75) is 265 Å². The monoisotopic (exact) mass is 918 g/mol. The third-order valence-corrected chi connectivity index (χ3v) is 13.3. The Kier molecular flexibility index (Phi) is 40.8. The average molecular weight is 918 g/mol. The highest BCUT2D eigenvalue weighted by Gasteiger charge is 2.19. The van der Waals surface area contributed by atoms with Crippen molar-refractivity contribution in [1.29, 1.82) is 0 Å². The van der Waals surface area contributed by atoms with Crippen LogP contribution in [0.4, 0.5) is 16.2 Å². The molecule has 0 saturated heterocycles. The Labute approximate surface area is 399 Å². The Hall–Kier alpha value is -2.62. The van der Waals surface area contributed by atoms with Crippen LogP contribution in [0.15, 0.2) is 9.59 Å². The molecule has 0 saturated carbocycles. The molecule has 0 amide bonds. The fourth-order valence-corrected chi connectivity index (χ4v) is 9.05. The van der Waals surface area contributed by atoms with E-state index in [0.29, 0.717) is 43.5 Å². The summed E-state index contributed by atoms with van der Waals surface area (Å²) in [6.07, 6.45) is 41.0. The van der Waals surface area contributed by atoms with Crippen molar-refractivity contribution in [3.8, 4) is 0 Å². The minimum atomic E-state index is -0.530. The van der Waals surface area contributed by atoms with Crippen LogP contribution < -0.4 is 21.5 Å². The summed E-state index contributed by atoms with van der Waals surface area (Å²) >= 11 is 0. The molecular formula is C55H103N3O7. The fourth-order valence-electron chi connectivity index (χ4n) is 9.05. The predicted octanol–water partition coefficient (Wildman–Crippen LogP) is 14.8. The molecular weight excluding hydrogens is 815 g/mol. The van der Waals surface area contributed by atoms with Crippen LogP contribution in [0.5, 0.6) is 0 Å². The van der Waals surface area contributed by atoms with Crippen molar-refractivity contribution >= 4 is 23.5 Å². The zero-order chi connectivity index (χ0) is 47.4. The van der Waals surface area contributed by atoms with Crippen LogP contribution >= 0.6 is 0 Å². The first-order valence-electron chi connectivity index (χ1n) is 27.8. The molecule has 0 fully saturated rings. The average Bonchev–Trinajstić information content (AvgIpc) is 3.30.